The van der Waals surface area contributed by atoms with Crippen LogP contribution in [0, 0.1) is 0 Å². The molecule has 3 rings (SSSR count). The molecule has 0 bridgehead atoms. The Morgan fingerprint density at radius 2 is 2.18 bits per heavy atom. The maximum atomic E-state index is 12.8. The van der Waals surface area contributed by atoms with Gasteiger partial charge in [0, 0.05) is 38.4 Å². The Morgan fingerprint density at radius 1 is 1.36 bits per heavy atom. The number of ether oxygens (including phenoxy) is 1. The van der Waals surface area contributed by atoms with Gasteiger partial charge < -0.3 is 15.0 Å². The highest BCUT2D eigenvalue weighted by Crippen LogP contribution is 2.30. The van der Waals surface area contributed by atoms with Crippen molar-refractivity contribution in [3.05, 3.63) is 47.8 Å². The molecule has 1 atom stereocenters. The summed E-state index contributed by atoms with van der Waals surface area (Å²) < 4.78 is 7.10. The zero-order chi connectivity index (χ0) is 15.5. The van der Waals surface area contributed by atoms with Crippen molar-refractivity contribution < 1.29 is 9.53 Å². The number of piperazine rings is 1. The van der Waals surface area contributed by atoms with Gasteiger partial charge >= 0.3 is 0 Å². The summed E-state index contributed by atoms with van der Waals surface area (Å²) in [5, 5.41) is 7.58. The molecule has 0 spiro atoms. The van der Waals surface area contributed by atoms with Gasteiger partial charge in [0.05, 0.1) is 13.2 Å². The highest BCUT2D eigenvalue weighted by atomic mass is 16.5. The van der Waals surface area contributed by atoms with E-state index in [9.17, 15) is 4.79 Å². The van der Waals surface area contributed by atoms with Crippen LogP contribution in [0.25, 0.3) is 0 Å². The average molecular weight is 300 g/mol. The van der Waals surface area contributed by atoms with Crippen LogP contribution in [0.2, 0.25) is 0 Å². The molecule has 2 heterocycles. The number of carbonyl (C=O) groups is 1. The number of amides is 1. The number of methoxy groups -OCH3 is 1. The number of rotatable bonds is 3. The lowest BCUT2D eigenvalue weighted by Crippen LogP contribution is -2.48. The molecule has 1 aromatic heterocycles. The summed E-state index contributed by atoms with van der Waals surface area (Å²) in [6, 6.07) is 9.53. The van der Waals surface area contributed by atoms with Crippen molar-refractivity contribution in [3.8, 4) is 5.75 Å². The van der Waals surface area contributed by atoms with Crippen LogP contribution in [0.3, 0.4) is 0 Å². The summed E-state index contributed by atoms with van der Waals surface area (Å²) >= 11 is 0. The summed E-state index contributed by atoms with van der Waals surface area (Å²) in [5.41, 5.74) is 1.49. The Hall–Kier alpha value is -2.34. The van der Waals surface area contributed by atoms with Gasteiger partial charge in [0.15, 0.2) is 0 Å². The molecule has 6 nitrogen and oxygen atoms in total. The van der Waals surface area contributed by atoms with E-state index in [0.717, 1.165) is 17.9 Å². The monoisotopic (exact) mass is 300 g/mol. The molecule has 1 aromatic carbocycles. The van der Waals surface area contributed by atoms with Gasteiger partial charge in [0.2, 0.25) is 0 Å². The third-order valence-corrected chi connectivity index (χ3v) is 3.93. The van der Waals surface area contributed by atoms with Crippen LogP contribution in [0.1, 0.15) is 22.1 Å². The summed E-state index contributed by atoms with van der Waals surface area (Å²) in [5.74, 6) is 0.757. The summed E-state index contributed by atoms with van der Waals surface area (Å²) in [6.45, 7) is 2.14. The molecule has 1 saturated heterocycles. The predicted octanol–water partition coefficient (Wildman–Crippen LogP) is 1.22. The molecule has 22 heavy (non-hydrogen) atoms. The standard InChI is InChI=1S/C16H20N4O2/c1-19-9-7-13(18-19)16(21)20-10-8-17-11-14(20)12-5-3-4-6-15(12)22-2/h3-7,9,14,17H,8,10-11H2,1-2H3. The topological polar surface area (TPSA) is 59.4 Å². The lowest BCUT2D eigenvalue weighted by atomic mass is 10.0. The molecular weight excluding hydrogens is 280 g/mol. The largest absolute Gasteiger partial charge is 0.496 e. The van der Waals surface area contributed by atoms with Crippen molar-refractivity contribution in [2.24, 2.45) is 7.05 Å². The van der Waals surface area contributed by atoms with Gasteiger partial charge in [-0.25, -0.2) is 0 Å². The van der Waals surface area contributed by atoms with Crippen molar-refractivity contribution in [1.29, 1.82) is 0 Å². The highest BCUT2D eigenvalue weighted by Gasteiger charge is 2.31. The Kier molecular flexibility index (Phi) is 4.11. The number of nitrogens with zero attached hydrogens (tertiary/aromatic N) is 3. The van der Waals surface area contributed by atoms with E-state index in [-0.39, 0.29) is 11.9 Å². The van der Waals surface area contributed by atoms with Gasteiger partial charge in [-0.2, -0.15) is 5.10 Å². The Bertz CT molecular complexity index is 668. The second-order valence-corrected chi connectivity index (χ2v) is 5.34. The smallest absolute Gasteiger partial charge is 0.274 e. The summed E-state index contributed by atoms with van der Waals surface area (Å²) in [4.78, 5) is 14.6. The number of para-hydroxylation sites is 1. The first-order valence-electron chi connectivity index (χ1n) is 7.35. The number of hydrogen-bond donors (Lipinski definition) is 1. The zero-order valence-corrected chi connectivity index (χ0v) is 12.8. The fraction of sp³-hybridized carbons (Fsp3) is 0.375. The van der Waals surface area contributed by atoms with Gasteiger partial charge in [-0.3, -0.25) is 9.48 Å². The number of carbonyl (C=O) groups excluding carboxylic acids is 1. The molecule has 6 heteroatoms. The fourth-order valence-corrected chi connectivity index (χ4v) is 2.84. The van der Waals surface area contributed by atoms with E-state index >= 15 is 0 Å². The van der Waals surface area contributed by atoms with Crippen molar-refractivity contribution >= 4 is 5.91 Å². The minimum absolute atomic E-state index is 0.0435. The molecule has 1 fully saturated rings. The first kappa shape index (κ1) is 14.6. The first-order valence-corrected chi connectivity index (χ1v) is 7.35. The van der Waals surface area contributed by atoms with E-state index in [1.165, 1.54) is 0 Å². The van der Waals surface area contributed by atoms with Crippen molar-refractivity contribution in [1.82, 2.24) is 20.0 Å². The predicted molar refractivity (Wildman–Crippen MR) is 82.8 cm³/mol. The van der Waals surface area contributed by atoms with Crippen molar-refractivity contribution in [2.45, 2.75) is 6.04 Å². The van der Waals surface area contributed by atoms with Crippen LogP contribution in [0.5, 0.6) is 5.75 Å². The van der Waals surface area contributed by atoms with Gasteiger partial charge in [0.25, 0.3) is 5.91 Å². The second kappa shape index (κ2) is 6.19. The third kappa shape index (κ3) is 2.69. The Balaban J connectivity index is 1.93. The summed E-state index contributed by atoms with van der Waals surface area (Å²) in [7, 11) is 3.46. The summed E-state index contributed by atoms with van der Waals surface area (Å²) in [6.07, 6.45) is 1.79. The van der Waals surface area contributed by atoms with Gasteiger partial charge in [-0.1, -0.05) is 18.2 Å². The van der Waals surface area contributed by atoms with E-state index in [4.69, 9.17) is 4.74 Å². The van der Waals surface area contributed by atoms with Crippen molar-refractivity contribution in [3.63, 3.8) is 0 Å². The number of nitrogens with one attached hydrogen (secondary N) is 1. The SMILES string of the molecule is COc1ccccc1C1CNCCN1C(=O)c1ccn(C)n1. The molecule has 0 aliphatic carbocycles. The van der Waals surface area contributed by atoms with Gasteiger partial charge in [-0.05, 0) is 12.1 Å². The zero-order valence-electron chi connectivity index (χ0n) is 12.8. The molecule has 116 valence electrons. The van der Waals surface area contributed by atoms with Gasteiger partial charge in [-0.15, -0.1) is 0 Å². The lowest BCUT2D eigenvalue weighted by Gasteiger charge is -2.36. The number of aryl methyl sites for hydroxylation is 1. The molecular formula is C16H20N4O2. The Labute approximate surface area is 129 Å². The number of benzene rings is 1. The third-order valence-electron chi connectivity index (χ3n) is 3.93. The molecule has 0 saturated carbocycles. The molecule has 1 N–H and O–H groups in total. The van der Waals surface area contributed by atoms with E-state index in [2.05, 4.69) is 10.4 Å². The van der Waals surface area contributed by atoms with Crippen LogP contribution in [-0.4, -0.2) is 47.3 Å². The van der Waals surface area contributed by atoms with Crippen LogP contribution in [0.4, 0.5) is 0 Å². The van der Waals surface area contributed by atoms with E-state index in [1.54, 1.807) is 24.1 Å². The maximum absolute atomic E-state index is 12.8. The number of hydrogen-bond acceptors (Lipinski definition) is 4. The van der Waals surface area contributed by atoms with Gasteiger partial charge in [0.1, 0.15) is 11.4 Å². The Morgan fingerprint density at radius 3 is 2.91 bits per heavy atom. The molecule has 1 aliphatic heterocycles. The van der Waals surface area contributed by atoms with Crippen molar-refractivity contribution in [2.75, 3.05) is 26.7 Å². The van der Waals surface area contributed by atoms with Crippen LogP contribution < -0.4 is 10.1 Å². The highest BCUT2D eigenvalue weighted by molar-refractivity contribution is 5.92. The average Bonchev–Trinajstić information content (AvgIpc) is 3.00. The molecule has 2 aromatic rings. The first-order chi connectivity index (χ1) is 10.7. The lowest BCUT2D eigenvalue weighted by molar-refractivity contribution is 0.0624. The molecule has 1 aliphatic rings. The number of aromatic nitrogens is 2. The molecule has 1 amide bonds. The van der Waals surface area contributed by atoms with E-state index < -0.39 is 0 Å². The fourth-order valence-electron chi connectivity index (χ4n) is 2.84. The maximum Gasteiger partial charge on any atom is 0.274 e. The minimum atomic E-state index is -0.0561. The van der Waals surface area contributed by atoms with E-state index in [0.29, 0.717) is 18.8 Å². The molecule has 0 radical (unpaired) electrons. The van der Waals surface area contributed by atoms with Crippen LogP contribution >= 0.6 is 0 Å². The van der Waals surface area contributed by atoms with Crippen LogP contribution in [0.15, 0.2) is 36.5 Å². The van der Waals surface area contributed by atoms with Crippen LogP contribution in [-0.2, 0) is 7.05 Å². The normalized spacial score (nSPS) is 18.3. The van der Waals surface area contributed by atoms with E-state index in [1.807, 2.05) is 36.2 Å². The second-order valence-electron chi connectivity index (χ2n) is 5.34. The quantitative estimate of drug-likeness (QED) is 0.926. The molecule has 1 unspecified atom stereocenters. The minimum Gasteiger partial charge on any atom is -0.496 e.